The maximum Gasteiger partial charge on any atom is 0.230 e. The number of aromatic nitrogens is 1. The van der Waals surface area contributed by atoms with E-state index < -0.39 is 0 Å². The molecule has 6 heteroatoms. The number of rotatable bonds is 4. The molecule has 3 aromatic rings. The molecule has 25 heavy (non-hydrogen) atoms. The van der Waals surface area contributed by atoms with Crippen LogP contribution >= 0.6 is 34.5 Å². The van der Waals surface area contributed by atoms with Gasteiger partial charge in [-0.05, 0) is 49.2 Å². The Morgan fingerprint density at radius 1 is 1.12 bits per heavy atom. The van der Waals surface area contributed by atoms with Gasteiger partial charge in [-0.15, -0.1) is 11.3 Å². The molecule has 1 aromatic heterocycles. The lowest BCUT2D eigenvalue weighted by atomic mass is 10.1. The first-order chi connectivity index (χ1) is 11.9. The molecule has 0 spiro atoms. The van der Waals surface area contributed by atoms with Crippen LogP contribution in [0, 0.1) is 13.8 Å². The number of hydrogen-bond donors (Lipinski definition) is 1. The third-order valence-electron chi connectivity index (χ3n) is 3.58. The van der Waals surface area contributed by atoms with Crippen molar-refractivity contribution < 1.29 is 4.79 Å². The largest absolute Gasteiger partial charge is 0.326 e. The van der Waals surface area contributed by atoms with Crippen molar-refractivity contribution in [3.8, 4) is 10.6 Å². The first kappa shape index (κ1) is 17.9. The monoisotopic (exact) mass is 390 g/mol. The molecule has 3 nitrogen and oxygen atoms in total. The number of amides is 1. The van der Waals surface area contributed by atoms with Crippen LogP contribution in [-0.4, -0.2) is 10.9 Å². The Kier molecular flexibility index (Phi) is 5.42. The van der Waals surface area contributed by atoms with Gasteiger partial charge in [0.05, 0.1) is 22.2 Å². The number of carbonyl (C=O) groups is 1. The highest BCUT2D eigenvalue weighted by molar-refractivity contribution is 7.13. The molecule has 0 saturated carbocycles. The Balaban J connectivity index is 1.74. The van der Waals surface area contributed by atoms with Crippen LogP contribution in [-0.2, 0) is 11.2 Å². The van der Waals surface area contributed by atoms with E-state index in [1.165, 1.54) is 11.3 Å². The van der Waals surface area contributed by atoms with Gasteiger partial charge in [0.25, 0.3) is 0 Å². The number of aryl methyl sites for hydroxylation is 2. The summed E-state index contributed by atoms with van der Waals surface area (Å²) in [6.07, 6.45) is 0.200. The second kappa shape index (κ2) is 7.56. The Hall–Kier alpha value is -1.88. The molecular formula is C19H16Cl2N2OS. The van der Waals surface area contributed by atoms with Gasteiger partial charge >= 0.3 is 0 Å². The van der Waals surface area contributed by atoms with Crippen LogP contribution in [0.4, 0.5) is 5.69 Å². The van der Waals surface area contributed by atoms with Crippen molar-refractivity contribution in [3.05, 3.63) is 68.6 Å². The summed E-state index contributed by atoms with van der Waals surface area (Å²) in [5, 5.41) is 6.59. The van der Waals surface area contributed by atoms with Crippen molar-refractivity contribution in [1.82, 2.24) is 4.98 Å². The summed E-state index contributed by atoms with van der Waals surface area (Å²) in [6.45, 7) is 4.01. The minimum Gasteiger partial charge on any atom is -0.326 e. The summed E-state index contributed by atoms with van der Waals surface area (Å²) in [5.41, 5.74) is 4.42. The fourth-order valence-corrected chi connectivity index (χ4v) is 4.20. The van der Waals surface area contributed by atoms with Gasteiger partial charge < -0.3 is 5.32 Å². The Morgan fingerprint density at radius 2 is 1.76 bits per heavy atom. The second-order valence-corrected chi connectivity index (χ2v) is 7.51. The third kappa shape index (κ3) is 4.40. The summed E-state index contributed by atoms with van der Waals surface area (Å²) in [5.74, 6) is -0.105. The molecule has 0 aliphatic rings. The summed E-state index contributed by atoms with van der Waals surface area (Å²) in [6, 6.07) is 11.3. The van der Waals surface area contributed by atoms with Crippen LogP contribution in [0.15, 0.2) is 41.8 Å². The van der Waals surface area contributed by atoms with Crippen LogP contribution in [0.5, 0.6) is 0 Å². The van der Waals surface area contributed by atoms with E-state index in [-0.39, 0.29) is 12.3 Å². The molecule has 0 bridgehead atoms. The topological polar surface area (TPSA) is 42.0 Å². The SMILES string of the molecule is Cc1cc(C)cc(NC(=O)Cc2csc(-c3c(Cl)cccc3Cl)n2)c1. The number of carbonyl (C=O) groups excluding carboxylic acids is 1. The summed E-state index contributed by atoms with van der Waals surface area (Å²) >= 11 is 13.9. The van der Waals surface area contributed by atoms with Crippen molar-refractivity contribution in [2.75, 3.05) is 5.32 Å². The van der Waals surface area contributed by atoms with Crippen molar-refractivity contribution in [3.63, 3.8) is 0 Å². The average Bonchev–Trinajstić information content (AvgIpc) is 2.93. The molecule has 2 aromatic carbocycles. The predicted octanol–water partition coefficient (Wildman–Crippen LogP) is 5.91. The summed E-state index contributed by atoms with van der Waals surface area (Å²) < 4.78 is 0. The van der Waals surface area contributed by atoms with E-state index in [9.17, 15) is 4.79 Å². The van der Waals surface area contributed by atoms with Gasteiger partial charge in [0.15, 0.2) is 0 Å². The van der Waals surface area contributed by atoms with E-state index in [0.717, 1.165) is 16.8 Å². The number of nitrogens with one attached hydrogen (secondary N) is 1. The lowest BCUT2D eigenvalue weighted by Gasteiger charge is -2.07. The number of benzene rings is 2. The summed E-state index contributed by atoms with van der Waals surface area (Å²) in [7, 11) is 0. The molecule has 0 fully saturated rings. The Bertz CT molecular complexity index is 896. The average molecular weight is 391 g/mol. The van der Waals surface area contributed by atoms with Crippen LogP contribution in [0.1, 0.15) is 16.8 Å². The lowest BCUT2D eigenvalue weighted by Crippen LogP contribution is -2.14. The Morgan fingerprint density at radius 3 is 2.40 bits per heavy atom. The van der Waals surface area contributed by atoms with E-state index >= 15 is 0 Å². The number of nitrogens with zero attached hydrogens (tertiary/aromatic N) is 1. The normalized spacial score (nSPS) is 10.7. The molecule has 0 radical (unpaired) electrons. The van der Waals surface area contributed by atoms with Crippen molar-refractivity contribution >= 4 is 46.1 Å². The lowest BCUT2D eigenvalue weighted by molar-refractivity contribution is -0.115. The van der Waals surface area contributed by atoms with Gasteiger partial charge in [-0.2, -0.15) is 0 Å². The predicted molar refractivity (Wildman–Crippen MR) is 106 cm³/mol. The van der Waals surface area contributed by atoms with E-state index in [2.05, 4.69) is 16.4 Å². The molecule has 0 aliphatic carbocycles. The fourth-order valence-electron chi connectivity index (χ4n) is 2.62. The van der Waals surface area contributed by atoms with Gasteiger partial charge in [-0.3, -0.25) is 4.79 Å². The molecule has 0 aliphatic heterocycles. The fraction of sp³-hybridized carbons (Fsp3) is 0.158. The minimum atomic E-state index is -0.105. The highest BCUT2D eigenvalue weighted by Gasteiger charge is 2.14. The van der Waals surface area contributed by atoms with Gasteiger partial charge in [-0.1, -0.05) is 35.3 Å². The third-order valence-corrected chi connectivity index (χ3v) is 5.11. The van der Waals surface area contributed by atoms with Gasteiger partial charge in [0, 0.05) is 16.6 Å². The zero-order valence-electron chi connectivity index (χ0n) is 13.8. The van der Waals surface area contributed by atoms with Crippen molar-refractivity contribution in [1.29, 1.82) is 0 Å². The highest BCUT2D eigenvalue weighted by Crippen LogP contribution is 2.36. The molecule has 0 saturated heterocycles. The maximum absolute atomic E-state index is 12.3. The number of halogens is 2. The highest BCUT2D eigenvalue weighted by atomic mass is 35.5. The van der Waals surface area contributed by atoms with E-state index in [1.54, 1.807) is 18.2 Å². The molecule has 1 heterocycles. The van der Waals surface area contributed by atoms with Crippen LogP contribution in [0.3, 0.4) is 0 Å². The van der Waals surface area contributed by atoms with Crippen LogP contribution in [0.25, 0.3) is 10.6 Å². The van der Waals surface area contributed by atoms with Crippen molar-refractivity contribution in [2.24, 2.45) is 0 Å². The molecule has 1 N–H and O–H groups in total. The standard InChI is InChI=1S/C19H16Cl2N2OS/c1-11-6-12(2)8-13(7-11)22-17(24)9-14-10-25-19(23-14)18-15(20)4-3-5-16(18)21/h3-8,10H,9H2,1-2H3,(H,22,24). The minimum absolute atomic E-state index is 0.105. The van der Waals surface area contributed by atoms with Gasteiger partial charge in [0.1, 0.15) is 5.01 Å². The Labute approximate surface area is 160 Å². The van der Waals surface area contributed by atoms with E-state index in [4.69, 9.17) is 23.2 Å². The smallest absolute Gasteiger partial charge is 0.230 e. The van der Waals surface area contributed by atoms with E-state index in [1.807, 2.05) is 31.4 Å². The van der Waals surface area contributed by atoms with E-state index in [0.29, 0.717) is 26.3 Å². The maximum atomic E-state index is 12.3. The summed E-state index contributed by atoms with van der Waals surface area (Å²) in [4.78, 5) is 16.8. The van der Waals surface area contributed by atoms with Gasteiger partial charge in [0.2, 0.25) is 5.91 Å². The molecule has 0 atom stereocenters. The van der Waals surface area contributed by atoms with Crippen LogP contribution in [0.2, 0.25) is 10.0 Å². The number of hydrogen-bond acceptors (Lipinski definition) is 3. The van der Waals surface area contributed by atoms with Crippen LogP contribution < -0.4 is 5.32 Å². The number of anilines is 1. The molecular weight excluding hydrogens is 375 g/mol. The first-order valence-corrected chi connectivity index (χ1v) is 9.33. The number of thiazole rings is 1. The zero-order valence-corrected chi connectivity index (χ0v) is 16.1. The second-order valence-electron chi connectivity index (χ2n) is 5.84. The first-order valence-electron chi connectivity index (χ1n) is 7.69. The molecule has 1 amide bonds. The van der Waals surface area contributed by atoms with Gasteiger partial charge in [-0.25, -0.2) is 4.98 Å². The van der Waals surface area contributed by atoms with Crippen molar-refractivity contribution in [2.45, 2.75) is 20.3 Å². The molecule has 128 valence electrons. The molecule has 0 unspecified atom stereocenters. The molecule has 3 rings (SSSR count). The quantitative estimate of drug-likeness (QED) is 0.600. The zero-order chi connectivity index (χ0) is 18.0.